The fourth-order valence-electron chi connectivity index (χ4n) is 2.35. The van der Waals surface area contributed by atoms with E-state index < -0.39 is 0 Å². The molecule has 0 aliphatic rings. The van der Waals surface area contributed by atoms with Gasteiger partial charge in [-0.3, -0.25) is 0 Å². The summed E-state index contributed by atoms with van der Waals surface area (Å²) in [5.74, 6) is 0.920. The molecule has 1 aromatic carbocycles. The van der Waals surface area contributed by atoms with E-state index in [0.29, 0.717) is 0 Å². The molecule has 0 atom stereocenters. The van der Waals surface area contributed by atoms with Crippen molar-refractivity contribution in [3.8, 4) is 11.1 Å². The number of anilines is 1. The number of fused-ring (bicyclic) bond motifs is 1. The zero-order valence-corrected chi connectivity index (χ0v) is 13.9. The van der Waals surface area contributed by atoms with Crippen molar-refractivity contribution in [2.24, 2.45) is 0 Å². The summed E-state index contributed by atoms with van der Waals surface area (Å²) < 4.78 is 0. The highest BCUT2D eigenvalue weighted by Gasteiger charge is 2.12. The minimum absolute atomic E-state index is 0.863. The summed E-state index contributed by atoms with van der Waals surface area (Å²) in [6.45, 7) is 3.94. The van der Waals surface area contributed by atoms with Crippen molar-refractivity contribution in [1.29, 1.82) is 0 Å². The van der Waals surface area contributed by atoms with Crippen LogP contribution in [0.1, 0.15) is 5.56 Å². The Bertz CT molecular complexity index is 762. The first kappa shape index (κ1) is 14.9. The van der Waals surface area contributed by atoms with Crippen molar-refractivity contribution in [1.82, 2.24) is 14.9 Å². The van der Waals surface area contributed by atoms with Gasteiger partial charge in [-0.1, -0.05) is 29.8 Å². The first-order valence-corrected chi connectivity index (χ1v) is 8.21. The van der Waals surface area contributed by atoms with E-state index in [-0.39, 0.29) is 0 Å². The largest absolute Gasteiger partial charge is 0.368 e. The van der Waals surface area contributed by atoms with E-state index in [2.05, 4.69) is 70.8 Å². The van der Waals surface area contributed by atoms with E-state index in [1.807, 2.05) is 0 Å². The lowest BCUT2D eigenvalue weighted by Gasteiger charge is -2.12. The van der Waals surface area contributed by atoms with Crippen molar-refractivity contribution < 1.29 is 0 Å². The van der Waals surface area contributed by atoms with E-state index >= 15 is 0 Å². The van der Waals surface area contributed by atoms with Gasteiger partial charge >= 0.3 is 0 Å². The normalized spacial score (nSPS) is 11.3. The Hall–Kier alpha value is -1.98. The van der Waals surface area contributed by atoms with Gasteiger partial charge in [-0.2, -0.15) is 0 Å². The molecule has 0 bridgehead atoms. The lowest BCUT2D eigenvalue weighted by atomic mass is 10.0. The molecule has 0 saturated carbocycles. The molecule has 0 unspecified atom stereocenters. The second kappa shape index (κ2) is 6.42. The molecule has 0 saturated heterocycles. The van der Waals surface area contributed by atoms with Gasteiger partial charge in [-0.15, -0.1) is 11.3 Å². The SMILES string of the molecule is Cc1ccc(-c2csc3ncnc(NCCN(C)C)c23)cc1. The molecule has 2 heterocycles. The standard InChI is InChI=1S/C17H20N4S/c1-12-4-6-13(7-5-12)14-10-22-17-15(14)16(19-11-20-17)18-8-9-21(2)3/h4-7,10-11H,8-9H2,1-3H3,(H,18,19,20). The topological polar surface area (TPSA) is 41.1 Å². The molecule has 3 rings (SSSR count). The van der Waals surface area contributed by atoms with Crippen LogP contribution in [0.15, 0.2) is 36.0 Å². The van der Waals surface area contributed by atoms with Crippen LogP contribution in [0, 0.1) is 6.92 Å². The molecule has 0 radical (unpaired) electrons. The number of aryl methyl sites for hydroxylation is 1. The predicted molar refractivity (Wildman–Crippen MR) is 94.6 cm³/mol. The molecule has 0 fully saturated rings. The van der Waals surface area contributed by atoms with Crippen molar-refractivity contribution >= 4 is 27.4 Å². The smallest absolute Gasteiger partial charge is 0.138 e. The van der Waals surface area contributed by atoms with Crippen molar-refractivity contribution in [3.05, 3.63) is 41.5 Å². The number of nitrogens with one attached hydrogen (secondary N) is 1. The Morgan fingerprint density at radius 3 is 2.64 bits per heavy atom. The molecule has 1 N–H and O–H groups in total. The average Bonchev–Trinajstić information content (AvgIpc) is 2.93. The van der Waals surface area contributed by atoms with Crippen LogP contribution in [0.3, 0.4) is 0 Å². The number of likely N-dealkylation sites (N-methyl/N-ethyl adjacent to an activating group) is 1. The fraction of sp³-hybridized carbons (Fsp3) is 0.294. The highest BCUT2D eigenvalue weighted by molar-refractivity contribution is 7.17. The van der Waals surface area contributed by atoms with Crippen molar-refractivity contribution in [2.75, 3.05) is 32.5 Å². The number of hydrogen-bond donors (Lipinski definition) is 1. The summed E-state index contributed by atoms with van der Waals surface area (Å²) in [6, 6.07) is 8.60. The van der Waals surface area contributed by atoms with Crippen LogP contribution in [-0.2, 0) is 0 Å². The molecule has 3 aromatic rings. The number of thiophene rings is 1. The fourth-order valence-corrected chi connectivity index (χ4v) is 3.27. The van der Waals surface area contributed by atoms with Gasteiger partial charge in [-0.05, 0) is 26.6 Å². The molecular formula is C17H20N4S. The van der Waals surface area contributed by atoms with Gasteiger partial charge in [0.25, 0.3) is 0 Å². The second-order valence-corrected chi connectivity index (χ2v) is 6.51. The molecule has 22 heavy (non-hydrogen) atoms. The van der Waals surface area contributed by atoms with E-state index in [9.17, 15) is 0 Å². The maximum Gasteiger partial charge on any atom is 0.138 e. The molecular weight excluding hydrogens is 292 g/mol. The summed E-state index contributed by atoms with van der Waals surface area (Å²) in [4.78, 5) is 12.0. The second-order valence-electron chi connectivity index (χ2n) is 5.65. The van der Waals surface area contributed by atoms with Gasteiger partial charge in [0.15, 0.2) is 0 Å². The minimum Gasteiger partial charge on any atom is -0.368 e. The van der Waals surface area contributed by atoms with Crippen LogP contribution >= 0.6 is 11.3 Å². The number of rotatable bonds is 5. The summed E-state index contributed by atoms with van der Waals surface area (Å²) in [6.07, 6.45) is 1.63. The van der Waals surface area contributed by atoms with Crippen LogP contribution in [0.5, 0.6) is 0 Å². The lowest BCUT2D eigenvalue weighted by Crippen LogP contribution is -2.21. The Morgan fingerprint density at radius 1 is 1.14 bits per heavy atom. The van der Waals surface area contributed by atoms with Crippen LogP contribution in [0.2, 0.25) is 0 Å². The van der Waals surface area contributed by atoms with Crippen LogP contribution < -0.4 is 5.32 Å². The number of hydrogen-bond acceptors (Lipinski definition) is 5. The van der Waals surface area contributed by atoms with Gasteiger partial charge in [0.05, 0.1) is 5.39 Å². The van der Waals surface area contributed by atoms with Crippen LogP contribution in [-0.4, -0.2) is 42.1 Å². The number of benzene rings is 1. The lowest BCUT2D eigenvalue weighted by molar-refractivity contribution is 0.425. The van der Waals surface area contributed by atoms with Crippen LogP contribution in [0.25, 0.3) is 21.3 Å². The molecule has 114 valence electrons. The Labute approximate surface area is 134 Å². The number of nitrogens with zero attached hydrogens (tertiary/aromatic N) is 3. The van der Waals surface area contributed by atoms with E-state index in [0.717, 1.165) is 29.1 Å². The monoisotopic (exact) mass is 312 g/mol. The third kappa shape index (κ3) is 3.10. The van der Waals surface area contributed by atoms with Gasteiger partial charge in [0, 0.05) is 24.0 Å². The molecule has 0 aliphatic carbocycles. The van der Waals surface area contributed by atoms with Gasteiger partial charge in [0.2, 0.25) is 0 Å². The zero-order chi connectivity index (χ0) is 15.5. The highest BCUT2D eigenvalue weighted by Crippen LogP contribution is 2.36. The van der Waals surface area contributed by atoms with Gasteiger partial charge in [0.1, 0.15) is 17.0 Å². The van der Waals surface area contributed by atoms with Crippen LogP contribution in [0.4, 0.5) is 5.82 Å². The predicted octanol–water partition coefficient (Wildman–Crippen LogP) is 3.64. The molecule has 0 aliphatic heterocycles. The Morgan fingerprint density at radius 2 is 1.91 bits per heavy atom. The first-order valence-electron chi connectivity index (χ1n) is 7.33. The highest BCUT2D eigenvalue weighted by atomic mass is 32.1. The first-order chi connectivity index (χ1) is 10.6. The molecule has 4 nitrogen and oxygen atoms in total. The zero-order valence-electron chi connectivity index (χ0n) is 13.1. The quantitative estimate of drug-likeness (QED) is 0.781. The third-order valence-corrected chi connectivity index (χ3v) is 4.47. The maximum absolute atomic E-state index is 4.45. The number of aromatic nitrogens is 2. The van der Waals surface area contributed by atoms with Gasteiger partial charge in [-0.25, -0.2) is 9.97 Å². The maximum atomic E-state index is 4.45. The summed E-state index contributed by atoms with van der Waals surface area (Å²) >= 11 is 1.67. The summed E-state index contributed by atoms with van der Waals surface area (Å²) in [7, 11) is 4.14. The Balaban J connectivity index is 1.99. The van der Waals surface area contributed by atoms with Crippen molar-refractivity contribution in [3.63, 3.8) is 0 Å². The summed E-state index contributed by atoms with van der Waals surface area (Å²) in [5, 5.41) is 6.73. The van der Waals surface area contributed by atoms with Gasteiger partial charge < -0.3 is 10.2 Å². The van der Waals surface area contributed by atoms with E-state index in [4.69, 9.17) is 0 Å². The minimum atomic E-state index is 0.863. The third-order valence-electron chi connectivity index (χ3n) is 3.58. The molecule has 2 aromatic heterocycles. The molecule has 0 spiro atoms. The molecule has 5 heteroatoms. The Kier molecular flexibility index (Phi) is 4.36. The average molecular weight is 312 g/mol. The van der Waals surface area contributed by atoms with E-state index in [1.165, 1.54) is 16.7 Å². The van der Waals surface area contributed by atoms with Crippen molar-refractivity contribution in [2.45, 2.75) is 6.92 Å². The summed E-state index contributed by atoms with van der Waals surface area (Å²) in [5.41, 5.74) is 3.68. The molecule has 0 amide bonds. The van der Waals surface area contributed by atoms with E-state index in [1.54, 1.807) is 17.7 Å².